The predicted octanol–water partition coefficient (Wildman–Crippen LogP) is 4.09. The molecule has 2 aromatic carbocycles. The number of aromatic amines is 1. The van der Waals surface area contributed by atoms with Gasteiger partial charge in [-0.25, -0.2) is 9.37 Å². The van der Waals surface area contributed by atoms with Crippen molar-refractivity contribution in [3.63, 3.8) is 0 Å². The number of aliphatic hydroxyl groups excluding tert-OH is 1. The number of carbonyl (C=O) groups is 2. The van der Waals surface area contributed by atoms with E-state index < -0.39 is 6.10 Å². The van der Waals surface area contributed by atoms with Crippen LogP contribution in [0.15, 0.2) is 40.5 Å². The number of aliphatic hydroxyl groups is 1. The van der Waals surface area contributed by atoms with E-state index in [1.54, 1.807) is 6.07 Å². The lowest BCUT2D eigenvalue weighted by Crippen LogP contribution is -2.58. The highest BCUT2D eigenvalue weighted by Gasteiger charge is 2.41. The van der Waals surface area contributed by atoms with Crippen LogP contribution < -0.4 is 10.2 Å². The minimum Gasteiger partial charge on any atom is -0.506 e. The Kier molecular flexibility index (Phi) is 12.2. The maximum atomic E-state index is 14.7. The van der Waals surface area contributed by atoms with E-state index in [1.807, 2.05) is 22.4 Å². The summed E-state index contributed by atoms with van der Waals surface area (Å²) in [4.78, 5) is 44.5. The van der Waals surface area contributed by atoms with Crippen molar-refractivity contribution in [1.29, 1.82) is 0 Å². The number of phenols is 1. The lowest BCUT2D eigenvalue weighted by molar-refractivity contribution is -0.128. The number of phenolic OH excluding ortho intramolecular Hbond substituents is 1. The molecule has 4 heterocycles. The number of ether oxygens (including phenoxy) is 1. The molecule has 2 aliphatic rings. The van der Waals surface area contributed by atoms with E-state index in [-0.39, 0.29) is 41.0 Å². The normalized spacial score (nSPS) is 16.9. The molecule has 0 aliphatic carbocycles. The standard InChI is InChI=1S/C33H40FN5O5S2.CH2O2/c1-20(2)30-36-25(18-45-30)31(42)39-13-14-44-33(19-39)8-11-38(12-9-33)17-21-3-5-24(34)22(15-21)7-10-35-16-27(41)23-4-6-26(40)28-29(23)46-32(43)37-28;2-1-3/h3-6,15,18,20,27,35,40-41H,7-14,16-17,19H2,1-2H3,(H,37,43);1H,(H,2,3)/t27-;/m0./s1. The lowest BCUT2D eigenvalue weighted by Gasteiger charge is -2.47. The number of fused-ring (bicyclic) bond motifs is 1. The highest BCUT2D eigenvalue weighted by Crippen LogP contribution is 2.33. The average molecular weight is 716 g/mol. The first-order valence-corrected chi connectivity index (χ1v) is 17.9. The third-order valence-electron chi connectivity index (χ3n) is 8.91. The molecule has 0 saturated carbocycles. The lowest BCUT2D eigenvalue weighted by atomic mass is 9.89. The molecule has 0 radical (unpaired) electrons. The molecule has 4 aromatic rings. The Bertz CT molecular complexity index is 1800. The largest absolute Gasteiger partial charge is 0.506 e. The van der Waals surface area contributed by atoms with Crippen LogP contribution >= 0.6 is 22.7 Å². The number of H-pyrrole nitrogens is 1. The van der Waals surface area contributed by atoms with Crippen molar-refractivity contribution in [3.05, 3.63) is 78.6 Å². The SMILES string of the molecule is CC(C)c1nc(C(=O)N2CCOC3(CCN(Cc4ccc(F)c(CCNC[C@H](O)c5ccc(O)c6[nH]c(=O)sc56)c4)CC3)C2)cs1.O=CO. The Morgan fingerprint density at radius 2 is 1.98 bits per heavy atom. The molecule has 1 spiro atoms. The van der Waals surface area contributed by atoms with Crippen LogP contribution in [0.1, 0.15) is 70.9 Å². The number of nitrogens with one attached hydrogen (secondary N) is 2. The molecular weight excluding hydrogens is 674 g/mol. The van der Waals surface area contributed by atoms with Crippen molar-refractivity contribution in [1.82, 2.24) is 25.1 Å². The van der Waals surface area contributed by atoms with Crippen LogP contribution in [0, 0.1) is 5.82 Å². The number of aromatic hydroxyl groups is 1. The monoisotopic (exact) mass is 715 g/mol. The number of halogens is 1. The molecule has 6 rings (SSSR count). The quantitative estimate of drug-likeness (QED) is 0.119. The Hall–Kier alpha value is -3.73. The third kappa shape index (κ3) is 8.90. The molecule has 264 valence electrons. The van der Waals surface area contributed by atoms with E-state index in [4.69, 9.17) is 14.6 Å². The van der Waals surface area contributed by atoms with Gasteiger partial charge in [0.25, 0.3) is 12.4 Å². The number of rotatable bonds is 10. The predicted molar refractivity (Wildman–Crippen MR) is 186 cm³/mol. The number of carboxylic acid groups (broad SMARTS) is 1. The summed E-state index contributed by atoms with van der Waals surface area (Å²) < 4.78 is 21.5. The zero-order chi connectivity index (χ0) is 35.1. The van der Waals surface area contributed by atoms with Gasteiger partial charge in [0.15, 0.2) is 0 Å². The molecular formula is C34H42FN5O7S2. The Morgan fingerprint density at radius 3 is 2.69 bits per heavy atom. The second-order valence-electron chi connectivity index (χ2n) is 12.7. The van der Waals surface area contributed by atoms with E-state index >= 15 is 0 Å². The smallest absolute Gasteiger partial charge is 0.305 e. The first kappa shape index (κ1) is 36.5. The number of carbonyl (C=O) groups excluding carboxylic acids is 1. The van der Waals surface area contributed by atoms with Gasteiger partial charge in [-0.3, -0.25) is 19.3 Å². The number of morpholine rings is 1. The molecule has 0 unspecified atom stereocenters. The summed E-state index contributed by atoms with van der Waals surface area (Å²) in [5, 5.41) is 33.7. The number of nitrogens with zero attached hydrogens (tertiary/aromatic N) is 3. The van der Waals surface area contributed by atoms with Gasteiger partial charge in [0.05, 0.1) is 34.6 Å². The summed E-state index contributed by atoms with van der Waals surface area (Å²) in [6.07, 6.45) is 1.20. The van der Waals surface area contributed by atoms with Crippen molar-refractivity contribution in [2.75, 3.05) is 45.9 Å². The zero-order valence-corrected chi connectivity index (χ0v) is 29.1. The van der Waals surface area contributed by atoms with E-state index in [0.29, 0.717) is 72.2 Å². The number of piperidine rings is 1. The van der Waals surface area contributed by atoms with E-state index in [2.05, 4.69) is 34.0 Å². The molecule has 2 saturated heterocycles. The van der Waals surface area contributed by atoms with Gasteiger partial charge < -0.3 is 35.3 Å². The van der Waals surface area contributed by atoms with Gasteiger partial charge in [-0.2, -0.15) is 0 Å². The molecule has 2 aromatic heterocycles. The summed E-state index contributed by atoms with van der Waals surface area (Å²) in [6.45, 7) is 8.59. The molecule has 1 atom stereocenters. The number of thiazole rings is 2. The fourth-order valence-electron chi connectivity index (χ4n) is 6.30. The minimum atomic E-state index is -0.892. The second kappa shape index (κ2) is 16.3. The number of benzene rings is 2. The van der Waals surface area contributed by atoms with E-state index in [1.165, 1.54) is 23.5 Å². The molecule has 1 amide bonds. The molecule has 49 heavy (non-hydrogen) atoms. The van der Waals surface area contributed by atoms with Gasteiger partial charge in [0.2, 0.25) is 0 Å². The highest BCUT2D eigenvalue weighted by atomic mass is 32.1. The Morgan fingerprint density at radius 1 is 1.22 bits per heavy atom. The molecule has 0 bridgehead atoms. The van der Waals surface area contributed by atoms with Crippen LogP contribution in [0.4, 0.5) is 4.39 Å². The number of hydrogen-bond donors (Lipinski definition) is 5. The van der Waals surface area contributed by atoms with Crippen LogP contribution in [-0.4, -0.2) is 98.9 Å². The van der Waals surface area contributed by atoms with Crippen molar-refractivity contribution in [2.45, 2.75) is 57.3 Å². The summed E-state index contributed by atoms with van der Waals surface area (Å²) >= 11 is 2.48. The van der Waals surface area contributed by atoms with Crippen LogP contribution in [0.5, 0.6) is 5.75 Å². The first-order valence-electron chi connectivity index (χ1n) is 16.2. The molecule has 15 heteroatoms. The van der Waals surface area contributed by atoms with E-state index in [0.717, 1.165) is 47.8 Å². The number of hydrogen-bond acceptors (Lipinski definition) is 11. The first-order chi connectivity index (χ1) is 23.5. The van der Waals surface area contributed by atoms with Crippen LogP contribution in [0.2, 0.25) is 0 Å². The van der Waals surface area contributed by atoms with E-state index in [9.17, 15) is 24.2 Å². The Balaban J connectivity index is 0.00000151. The summed E-state index contributed by atoms with van der Waals surface area (Å²) in [5.41, 5.74) is 2.69. The summed E-state index contributed by atoms with van der Waals surface area (Å²) in [5.74, 6) is -0.0234. The fourth-order valence-corrected chi connectivity index (χ4v) is 8.03. The number of amides is 1. The maximum Gasteiger partial charge on any atom is 0.305 e. The number of aromatic nitrogens is 2. The van der Waals surface area contributed by atoms with Crippen molar-refractivity contribution in [3.8, 4) is 5.75 Å². The van der Waals surface area contributed by atoms with Crippen LogP contribution in [-0.2, 0) is 22.5 Å². The number of likely N-dealkylation sites (tertiary alicyclic amines) is 1. The molecule has 5 N–H and O–H groups in total. The topological polar surface area (TPSA) is 168 Å². The molecule has 2 fully saturated rings. The van der Waals surface area contributed by atoms with Gasteiger partial charge in [-0.05, 0) is 49.1 Å². The summed E-state index contributed by atoms with van der Waals surface area (Å²) in [6, 6.07) is 8.32. The highest BCUT2D eigenvalue weighted by molar-refractivity contribution is 7.16. The summed E-state index contributed by atoms with van der Waals surface area (Å²) in [7, 11) is 0. The maximum absolute atomic E-state index is 14.7. The zero-order valence-electron chi connectivity index (χ0n) is 27.5. The van der Waals surface area contributed by atoms with Crippen molar-refractivity contribution >= 4 is 45.3 Å². The minimum absolute atomic E-state index is 0.0206. The fraction of sp³-hybridized carbons (Fsp3) is 0.471. The average Bonchev–Trinajstić information content (AvgIpc) is 3.74. The molecule has 12 nitrogen and oxygen atoms in total. The Labute approximate surface area is 291 Å². The van der Waals surface area contributed by atoms with Gasteiger partial charge in [0, 0.05) is 49.6 Å². The van der Waals surface area contributed by atoms with Gasteiger partial charge in [0.1, 0.15) is 22.8 Å². The van der Waals surface area contributed by atoms with Gasteiger partial charge in [-0.1, -0.05) is 43.4 Å². The van der Waals surface area contributed by atoms with Crippen LogP contribution in [0.25, 0.3) is 10.2 Å². The van der Waals surface area contributed by atoms with Gasteiger partial charge >= 0.3 is 4.87 Å². The van der Waals surface area contributed by atoms with Crippen molar-refractivity contribution < 1.29 is 34.0 Å². The third-order valence-corrected chi connectivity index (χ3v) is 11.0. The van der Waals surface area contributed by atoms with Gasteiger partial charge in [-0.15, -0.1) is 11.3 Å². The van der Waals surface area contributed by atoms with Crippen LogP contribution in [0.3, 0.4) is 0 Å². The van der Waals surface area contributed by atoms with Crippen molar-refractivity contribution in [2.24, 2.45) is 0 Å². The molecule has 2 aliphatic heterocycles. The second-order valence-corrected chi connectivity index (χ2v) is 14.5.